The van der Waals surface area contributed by atoms with Crippen LogP contribution in [0.15, 0.2) is 41.0 Å². The largest absolute Gasteiger partial charge is 0.444 e. The van der Waals surface area contributed by atoms with Crippen molar-refractivity contribution >= 4 is 18.3 Å². The first kappa shape index (κ1) is 19.2. The zero-order valence-corrected chi connectivity index (χ0v) is 14.4. The summed E-state index contributed by atoms with van der Waals surface area (Å²) in [6.07, 6.45) is 3.02. The van der Waals surface area contributed by atoms with E-state index in [-0.39, 0.29) is 18.3 Å². The Bertz CT molecular complexity index is 601. The van der Waals surface area contributed by atoms with Crippen molar-refractivity contribution in [2.24, 2.45) is 11.1 Å². The van der Waals surface area contributed by atoms with E-state index < -0.39 is 5.41 Å². The summed E-state index contributed by atoms with van der Waals surface area (Å²) in [6.45, 7) is 4.66. The van der Waals surface area contributed by atoms with Gasteiger partial charge in [0.15, 0.2) is 0 Å². The van der Waals surface area contributed by atoms with Crippen molar-refractivity contribution in [3.63, 3.8) is 0 Å². The summed E-state index contributed by atoms with van der Waals surface area (Å²) in [5, 5.41) is 2.92. The molecule has 0 saturated carbocycles. The van der Waals surface area contributed by atoms with Crippen LogP contribution in [0, 0.1) is 5.41 Å². The SMILES string of the molecule is CCC(CC)(CN)C(=O)NCc1coc(-c2ccccc2)n1.Cl. The molecule has 6 heteroatoms. The van der Waals surface area contributed by atoms with E-state index in [4.69, 9.17) is 10.2 Å². The Morgan fingerprint density at radius 2 is 1.91 bits per heavy atom. The van der Waals surface area contributed by atoms with Crippen LogP contribution in [0.4, 0.5) is 0 Å². The first-order valence-corrected chi connectivity index (χ1v) is 7.63. The lowest BCUT2D eigenvalue weighted by atomic mass is 9.81. The summed E-state index contributed by atoms with van der Waals surface area (Å²) in [7, 11) is 0. The highest BCUT2D eigenvalue weighted by atomic mass is 35.5. The summed E-state index contributed by atoms with van der Waals surface area (Å²) >= 11 is 0. The lowest BCUT2D eigenvalue weighted by Crippen LogP contribution is -2.45. The zero-order valence-electron chi connectivity index (χ0n) is 13.5. The summed E-state index contributed by atoms with van der Waals surface area (Å²) in [5.41, 5.74) is 6.90. The molecule has 3 N–H and O–H groups in total. The fourth-order valence-corrected chi connectivity index (χ4v) is 2.41. The van der Waals surface area contributed by atoms with Gasteiger partial charge in [0.05, 0.1) is 17.7 Å². The van der Waals surface area contributed by atoms with Gasteiger partial charge in [0.25, 0.3) is 0 Å². The number of hydrogen-bond donors (Lipinski definition) is 2. The smallest absolute Gasteiger partial charge is 0.227 e. The van der Waals surface area contributed by atoms with Gasteiger partial charge in [0.1, 0.15) is 6.26 Å². The Balaban J connectivity index is 0.00000264. The Labute approximate surface area is 143 Å². The van der Waals surface area contributed by atoms with Gasteiger partial charge < -0.3 is 15.5 Å². The number of benzene rings is 1. The van der Waals surface area contributed by atoms with Crippen LogP contribution in [0.2, 0.25) is 0 Å². The van der Waals surface area contributed by atoms with Crippen LogP contribution in [-0.4, -0.2) is 17.4 Å². The summed E-state index contributed by atoms with van der Waals surface area (Å²) in [5.74, 6) is 0.533. The molecule has 0 spiro atoms. The fourth-order valence-electron chi connectivity index (χ4n) is 2.41. The van der Waals surface area contributed by atoms with Gasteiger partial charge in [-0.05, 0) is 25.0 Å². The molecule has 0 fully saturated rings. The van der Waals surface area contributed by atoms with Crippen molar-refractivity contribution < 1.29 is 9.21 Å². The van der Waals surface area contributed by atoms with Gasteiger partial charge in [-0.15, -0.1) is 12.4 Å². The van der Waals surface area contributed by atoms with Gasteiger partial charge >= 0.3 is 0 Å². The van der Waals surface area contributed by atoms with Crippen molar-refractivity contribution in [1.82, 2.24) is 10.3 Å². The molecule has 2 aromatic rings. The number of carbonyl (C=O) groups is 1. The Morgan fingerprint density at radius 1 is 1.26 bits per heavy atom. The van der Waals surface area contributed by atoms with Gasteiger partial charge in [0.2, 0.25) is 11.8 Å². The topological polar surface area (TPSA) is 81.2 Å². The number of halogens is 1. The second kappa shape index (κ2) is 8.70. The summed E-state index contributed by atoms with van der Waals surface area (Å²) < 4.78 is 5.46. The molecule has 1 aromatic heterocycles. The van der Waals surface area contributed by atoms with E-state index in [0.29, 0.717) is 24.7 Å². The number of carbonyl (C=O) groups excluding carboxylic acids is 1. The lowest BCUT2D eigenvalue weighted by molar-refractivity contribution is -0.131. The zero-order chi connectivity index (χ0) is 16.0. The Morgan fingerprint density at radius 3 is 2.48 bits per heavy atom. The van der Waals surface area contributed by atoms with E-state index in [0.717, 1.165) is 18.4 Å². The first-order valence-electron chi connectivity index (χ1n) is 7.63. The quantitative estimate of drug-likeness (QED) is 0.813. The maximum Gasteiger partial charge on any atom is 0.227 e. The maximum atomic E-state index is 12.4. The van der Waals surface area contributed by atoms with E-state index in [1.54, 1.807) is 6.26 Å². The monoisotopic (exact) mass is 337 g/mol. The molecule has 0 unspecified atom stereocenters. The van der Waals surface area contributed by atoms with Crippen molar-refractivity contribution in [3.05, 3.63) is 42.3 Å². The van der Waals surface area contributed by atoms with Gasteiger partial charge in [-0.3, -0.25) is 4.79 Å². The second-order valence-electron chi connectivity index (χ2n) is 5.38. The lowest BCUT2D eigenvalue weighted by Gasteiger charge is -2.28. The Hall–Kier alpha value is -1.85. The van der Waals surface area contributed by atoms with E-state index >= 15 is 0 Å². The number of amides is 1. The van der Waals surface area contributed by atoms with Crippen LogP contribution in [0.1, 0.15) is 32.4 Å². The molecule has 0 aliphatic heterocycles. The molecule has 23 heavy (non-hydrogen) atoms. The predicted molar refractivity (Wildman–Crippen MR) is 93.1 cm³/mol. The molecule has 0 radical (unpaired) electrons. The molecule has 0 saturated heterocycles. The molecule has 2 rings (SSSR count). The maximum absolute atomic E-state index is 12.4. The third-order valence-corrected chi connectivity index (χ3v) is 4.23. The van der Waals surface area contributed by atoms with Crippen LogP contribution in [-0.2, 0) is 11.3 Å². The van der Waals surface area contributed by atoms with Crippen molar-refractivity contribution in [2.45, 2.75) is 33.2 Å². The van der Waals surface area contributed by atoms with Crippen LogP contribution >= 0.6 is 12.4 Å². The molecule has 0 aliphatic rings. The average molecular weight is 338 g/mol. The first-order chi connectivity index (χ1) is 10.6. The van der Waals surface area contributed by atoms with Crippen LogP contribution < -0.4 is 11.1 Å². The number of nitrogens with one attached hydrogen (secondary N) is 1. The normalized spacial score (nSPS) is 10.9. The molecular formula is C17H24ClN3O2. The van der Waals surface area contributed by atoms with Crippen LogP contribution in [0.3, 0.4) is 0 Å². The van der Waals surface area contributed by atoms with E-state index in [1.165, 1.54) is 0 Å². The highest BCUT2D eigenvalue weighted by Crippen LogP contribution is 2.25. The number of hydrogen-bond acceptors (Lipinski definition) is 4. The van der Waals surface area contributed by atoms with Crippen LogP contribution in [0.5, 0.6) is 0 Å². The summed E-state index contributed by atoms with van der Waals surface area (Å²) in [4.78, 5) is 16.8. The molecule has 0 aliphatic carbocycles. The molecule has 0 atom stereocenters. The van der Waals surface area contributed by atoms with Crippen molar-refractivity contribution in [3.8, 4) is 11.5 Å². The number of nitrogens with zero attached hydrogens (tertiary/aromatic N) is 1. The van der Waals surface area contributed by atoms with Gasteiger partial charge in [-0.25, -0.2) is 4.98 Å². The fraction of sp³-hybridized carbons (Fsp3) is 0.412. The molecule has 126 valence electrons. The van der Waals surface area contributed by atoms with E-state index in [2.05, 4.69) is 10.3 Å². The third kappa shape index (κ3) is 4.33. The summed E-state index contributed by atoms with van der Waals surface area (Å²) in [6, 6.07) is 9.66. The minimum atomic E-state index is -0.494. The van der Waals surface area contributed by atoms with Gasteiger partial charge in [0, 0.05) is 12.1 Å². The molecule has 1 aromatic carbocycles. The predicted octanol–water partition coefficient (Wildman–Crippen LogP) is 3.14. The standard InChI is InChI=1S/C17H23N3O2.ClH/c1-3-17(4-2,12-18)16(21)19-10-14-11-22-15(20-14)13-8-6-5-7-9-13;/h5-9,11H,3-4,10,12,18H2,1-2H3,(H,19,21);1H. The highest BCUT2D eigenvalue weighted by Gasteiger charge is 2.33. The minimum Gasteiger partial charge on any atom is -0.444 e. The molecule has 1 heterocycles. The van der Waals surface area contributed by atoms with E-state index in [1.807, 2.05) is 44.2 Å². The van der Waals surface area contributed by atoms with Gasteiger partial charge in [-0.1, -0.05) is 32.0 Å². The van der Waals surface area contributed by atoms with Crippen molar-refractivity contribution in [2.75, 3.05) is 6.54 Å². The van der Waals surface area contributed by atoms with E-state index in [9.17, 15) is 4.79 Å². The Kier molecular flexibility index (Phi) is 7.26. The second-order valence-corrected chi connectivity index (χ2v) is 5.38. The number of oxazole rings is 1. The number of rotatable bonds is 7. The van der Waals surface area contributed by atoms with Crippen molar-refractivity contribution in [1.29, 1.82) is 0 Å². The highest BCUT2D eigenvalue weighted by molar-refractivity contribution is 5.85. The molecule has 5 nitrogen and oxygen atoms in total. The average Bonchev–Trinajstić information content (AvgIpc) is 3.05. The molecular weight excluding hydrogens is 314 g/mol. The number of nitrogens with two attached hydrogens (primary N) is 1. The third-order valence-electron chi connectivity index (χ3n) is 4.23. The molecule has 1 amide bonds. The molecule has 0 bridgehead atoms. The minimum absolute atomic E-state index is 0. The number of aromatic nitrogens is 1. The van der Waals surface area contributed by atoms with Crippen LogP contribution in [0.25, 0.3) is 11.5 Å². The van der Waals surface area contributed by atoms with Gasteiger partial charge in [-0.2, -0.15) is 0 Å².